The summed E-state index contributed by atoms with van der Waals surface area (Å²) in [5.74, 6) is 1.10. The molecule has 0 saturated carbocycles. The first-order valence-electron chi connectivity index (χ1n) is 8.88. The number of hydrogen-bond donors (Lipinski definition) is 1. The van der Waals surface area contributed by atoms with Crippen LogP contribution >= 0.6 is 0 Å². The molecule has 1 saturated heterocycles. The maximum atomic E-state index is 12.0. The highest BCUT2D eigenvalue weighted by Gasteiger charge is 2.17. The zero-order valence-corrected chi connectivity index (χ0v) is 15.7. The number of rotatable bonds is 9. The summed E-state index contributed by atoms with van der Waals surface area (Å²) < 4.78 is 16.0. The van der Waals surface area contributed by atoms with E-state index < -0.39 is 0 Å². The van der Waals surface area contributed by atoms with Crippen molar-refractivity contribution in [1.82, 2.24) is 10.2 Å². The molecule has 2 amide bonds. The van der Waals surface area contributed by atoms with Crippen LogP contribution in [-0.4, -0.2) is 56.7 Å². The van der Waals surface area contributed by atoms with Gasteiger partial charge in [0.1, 0.15) is 0 Å². The van der Waals surface area contributed by atoms with Crippen LogP contribution in [0.4, 0.5) is 0 Å². The Balaban J connectivity index is 1.86. The average Bonchev–Trinajstić information content (AvgIpc) is 3.16. The Morgan fingerprint density at radius 2 is 2.04 bits per heavy atom. The molecule has 7 nitrogen and oxygen atoms in total. The van der Waals surface area contributed by atoms with Gasteiger partial charge in [0.2, 0.25) is 11.8 Å². The highest BCUT2D eigenvalue weighted by molar-refractivity contribution is 5.78. The average molecular weight is 364 g/mol. The first kappa shape index (κ1) is 20.0. The van der Waals surface area contributed by atoms with Gasteiger partial charge in [0.05, 0.1) is 20.3 Å². The zero-order chi connectivity index (χ0) is 18.9. The molecule has 1 aliphatic rings. The molecule has 0 bridgehead atoms. The van der Waals surface area contributed by atoms with Crippen molar-refractivity contribution in [3.8, 4) is 11.5 Å². The minimum atomic E-state index is -0.0771. The predicted octanol–water partition coefficient (Wildman–Crippen LogP) is 1.74. The van der Waals surface area contributed by atoms with Crippen LogP contribution in [0, 0.1) is 0 Å². The summed E-state index contributed by atoms with van der Waals surface area (Å²) in [6, 6.07) is 5.53. The Labute approximate surface area is 154 Å². The van der Waals surface area contributed by atoms with E-state index in [1.165, 1.54) is 6.92 Å². The van der Waals surface area contributed by atoms with E-state index >= 15 is 0 Å². The molecule has 1 unspecified atom stereocenters. The number of methoxy groups -OCH3 is 2. The van der Waals surface area contributed by atoms with Gasteiger partial charge in [0.25, 0.3) is 0 Å². The van der Waals surface area contributed by atoms with E-state index in [-0.39, 0.29) is 24.3 Å². The number of nitrogens with zero attached hydrogens (tertiary/aromatic N) is 1. The smallest absolute Gasteiger partial charge is 0.221 e. The van der Waals surface area contributed by atoms with E-state index in [0.717, 1.165) is 25.0 Å². The van der Waals surface area contributed by atoms with Gasteiger partial charge in [-0.3, -0.25) is 9.59 Å². The minimum Gasteiger partial charge on any atom is -0.493 e. The molecule has 1 heterocycles. The highest BCUT2D eigenvalue weighted by atomic mass is 16.5. The lowest BCUT2D eigenvalue weighted by Crippen LogP contribution is -2.36. The van der Waals surface area contributed by atoms with Gasteiger partial charge in [-0.2, -0.15) is 0 Å². The summed E-state index contributed by atoms with van der Waals surface area (Å²) in [5.41, 5.74) is 0.914. The van der Waals surface area contributed by atoms with E-state index in [0.29, 0.717) is 31.1 Å². The second-order valence-corrected chi connectivity index (χ2v) is 6.32. The maximum Gasteiger partial charge on any atom is 0.221 e. The standard InChI is InChI=1S/C19H28N2O5/c1-14(22)21(9-8-19(23)20-12-16-5-4-10-26-16)13-15-6-7-17(24-2)18(11-15)25-3/h6-7,11,16H,4-5,8-10,12-13H2,1-3H3,(H,20,23). The fraction of sp³-hybridized carbons (Fsp3) is 0.579. The summed E-state index contributed by atoms with van der Waals surface area (Å²) in [4.78, 5) is 25.6. The summed E-state index contributed by atoms with van der Waals surface area (Å²) in [6.45, 7) is 3.58. The number of ether oxygens (including phenoxy) is 3. The van der Waals surface area contributed by atoms with Crippen LogP contribution < -0.4 is 14.8 Å². The van der Waals surface area contributed by atoms with Crippen LogP contribution in [0.3, 0.4) is 0 Å². The van der Waals surface area contributed by atoms with Crippen molar-refractivity contribution in [1.29, 1.82) is 0 Å². The number of carbonyl (C=O) groups excluding carboxylic acids is 2. The molecule has 144 valence electrons. The van der Waals surface area contributed by atoms with E-state index in [2.05, 4.69) is 5.32 Å². The summed E-state index contributed by atoms with van der Waals surface area (Å²) in [6.07, 6.45) is 2.41. The Hall–Kier alpha value is -2.28. The molecule has 2 rings (SSSR count). The number of carbonyl (C=O) groups is 2. The van der Waals surface area contributed by atoms with E-state index in [1.54, 1.807) is 25.2 Å². The molecule has 1 fully saturated rings. The van der Waals surface area contributed by atoms with E-state index in [9.17, 15) is 9.59 Å². The molecule has 26 heavy (non-hydrogen) atoms. The van der Waals surface area contributed by atoms with Crippen molar-refractivity contribution < 1.29 is 23.8 Å². The van der Waals surface area contributed by atoms with Crippen molar-refractivity contribution >= 4 is 11.8 Å². The van der Waals surface area contributed by atoms with E-state index in [1.807, 2.05) is 12.1 Å². The molecule has 0 spiro atoms. The maximum absolute atomic E-state index is 12.0. The third-order valence-corrected chi connectivity index (χ3v) is 4.43. The van der Waals surface area contributed by atoms with Crippen LogP contribution in [0.5, 0.6) is 11.5 Å². The lowest BCUT2D eigenvalue weighted by Gasteiger charge is -2.22. The zero-order valence-electron chi connectivity index (χ0n) is 15.7. The van der Waals surface area contributed by atoms with Gasteiger partial charge in [-0.15, -0.1) is 0 Å². The van der Waals surface area contributed by atoms with Gasteiger partial charge < -0.3 is 24.4 Å². The van der Waals surface area contributed by atoms with Crippen LogP contribution in [0.2, 0.25) is 0 Å². The molecule has 1 N–H and O–H groups in total. The third-order valence-electron chi connectivity index (χ3n) is 4.43. The number of benzene rings is 1. The third kappa shape index (κ3) is 5.91. The predicted molar refractivity (Wildman–Crippen MR) is 97.2 cm³/mol. The number of amides is 2. The van der Waals surface area contributed by atoms with Crippen LogP contribution in [-0.2, 0) is 20.9 Å². The second-order valence-electron chi connectivity index (χ2n) is 6.32. The van der Waals surface area contributed by atoms with Gasteiger partial charge in [-0.1, -0.05) is 6.07 Å². The summed E-state index contributed by atoms with van der Waals surface area (Å²) in [7, 11) is 3.15. The normalized spacial score (nSPS) is 16.2. The number of nitrogens with one attached hydrogen (secondary N) is 1. The summed E-state index contributed by atoms with van der Waals surface area (Å²) in [5, 5.41) is 2.88. The van der Waals surface area contributed by atoms with Gasteiger partial charge in [-0.05, 0) is 30.5 Å². The Bertz CT molecular complexity index is 614. The molecule has 1 aromatic carbocycles. The van der Waals surface area contributed by atoms with Crippen molar-refractivity contribution in [2.24, 2.45) is 0 Å². The topological polar surface area (TPSA) is 77.1 Å². The Morgan fingerprint density at radius 1 is 1.27 bits per heavy atom. The largest absolute Gasteiger partial charge is 0.493 e. The van der Waals surface area contributed by atoms with Crippen LogP contribution in [0.1, 0.15) is 31.7 Å². The molecule has 1 aromatic rings. The molecular weight excluding hydrogens is 336 g/mol. The van der Waals surface area contributed by atoms with Gasteiger partial charge in [-0.25, -0.2) is 0 Å². The lowest BCUT2D eigenvalue weighted by molar-refractivity contribution is -0.130. The van der Waals surface area contributed by atoms with Gasteiger partial charge >= 0.3 is 0 Å². The molecule has 7 heteroatoms. The SMILES string of the molecule is COc1ccc(CN(CCC(=O)NCC2CCCO2)C(C)=O)cc1OC. The van der Waals surface area contributed by atoms with Crippen molar-refractivity contribution in [3.63, 3.8) is 0 Å². The minimum absolute atomic E-state index is 0.0703. The fourth-order valence-corrected chi connectivity index (χ4v) is 2.91. The molecule has 0 aromatic heterocycles. The van der Waals surface area contributed by atoms with Gasteiger partial charge in [0, 0.05) is 39.6 Å². The molecule has 0 aliphatic carbocycles. The summed E-state index contributed by atoms with van der Waals surface area (Å²) >= 11 is 0. The molecule has 0 radical (unpaired) electrons. The lowest BCUT2D eigenvalue weighted by atomic mass is 10.1. The molecule has 1 atom stereocenters. The van der Waals surface area contributed by atoms with Crippen molar-refractivity contribution in [2.45, 2.75) is 38.8 Å². The quantitative estimate of drug-likeness (QED) is 0.722. The highest BCUT2D eigenvalue weighted by Crippen LogP contribution is 2.28. The molecular formula is C19H28N2O5. The second kappa shape index (κ2) is 10.0. The van der Waals surface area contributed by atoms with Crippen molar-refractivity contribution in [3.05, 3.63) is 23.8 Å². The first-order chi connectivity index (χ1) is 12.5. The van der Waals surface area contributed by atoms with Gasteiger partial charge in [0.15, 0.2) is 11.5 Å². The Morgan fingerprint density at radius 3 is 2.65 bits per heavy atom. The first-order valence-corrected chi connectivity index (χ1v) is 8.88. The van der Waals surface area contributed by atoms with Crippen molar-refractivity contribution in [2.75, 3.05) is 33.9 Å². The van der Waals surface area contributed by atoms with Crippen LogP contribution in [0.15, 0.2) is 18.2 Å². The number of hydrogen-bond acceptors (Lipinski definition) is 5. The van der Waals surface area contributed by atoms with Crippen LogP contribution in [0.25, 0.3) is 0 Å². The Kier molecular flexibility index (Phi) is 7.72. The van der Waals surface area contributed by atoms with E-state index in [4.69, 9.17) is 14.2 Å². The monoisotopic (exact) mass is 364 g/mol. The fourth-order valence-electron chi connectivity index (χ4n) is 2.91. The molecule has 1 aliphatic heterocycles.